The number of sulfonamides is 1. The van der Waals surface area contributed by atoms with Crippen molar-refractivity contribution in [2.45, 2.75) is 37.9 Å². The minimum Gasteiger partial charge on any atom is -0.309 e. The van der Waals surface area contributed by atoms with E-state index in [1.807, 2.05) is 18.2 Å². The van der Waals surface area contributed by atoms with E-state index >= 15 is 0 Å². The fourth-order valence-corrected chi connectivity index (χ4v) is 3.82. The monoisotopic (exact) mass is 380 g/mol. The molecular formula is C18H21ClN2O3S. The van der Waals surface area contributed by atoms with E-state index in [1.54, 1.807) is 19.1 Å². The largest absolute Gasteiger partial charge is 0.309 e. The summed E-state index contributed by atoms with van der Waals surface area (Å²) in [4.78, 5) is 11.9. The van der Waals surface area contributed by atoms with Crippen molar-refractivity contribution in [1.29, 1.82) is 0 Å². The first-order valence-electron chi connectivity index (χ1n) is 7.94. The second-order valence-electron chi connectivity index (χ2n) is 5.84. The van der Waals surface area contributed by atoms with Crippen molar-refractivity contribution >= 4 is 28.2 Å². The number of halogens is 1. The molecule has 2 N–H and O–H groups in total. The lowest BCUT2D eigenvalue weighted by molar-refractivity contribution is 0.0988. The zero-order chi connectivity index (χ0) is 17.2. The highest BCUT2D eigenvalue weighted by molar-refractivity contribution is 7.89. The molecule has 25 heavy (non-hydrogen) atoms. The van der Waals surface area contributed by atoms with Gasteiger partial charge in [-0.2, -0.15) is 0 Å². The van der Waals surface area contributed by atoms with Gasteiger partial charge in [-0.05, 0) is 28.8 Å². The molecule has 0 radical (unpaired) electrons. The van der Waals surface area contributed by atoms with Crippen LogP contribution in [0.4, 0.5) is 0 Å². The molecule has 0 bridgehead atoms. The van der Waals surface area contributed by atoms with E-state index in [0.717, 1.165) is 18.7 Å². The SMILES string of the molecule is CCC(=O)c1cccc(S(=O)(=O)NCc2ccc3c(c2)CNC3)c1.Cl. The Morgan fingerprint density at radius 2 is 1.88 bits per heavy atom. The maximum absolute atomic E-state index is 12.5. The molecule has 0 saturated heterocycles. The molecule has 2 aromatic carbocycles. The fraction of sp³-hybridized carbons (Fsp3) is 0.278. The lowest BCUT2D eigenvalue weighted by Crippen LogP contribution is -2.23. The van der Waals surface area contributed by atoms with Crippen LogP contribution in [0.15, 0.2) is 47.4 Å². The predicted octanol–water partition coefficient (Wildman–Crippen LogP) is 2.78. The zero-order valence-corrected chi connectivity index (χ0v) is 15.5. The standard InChI is InChI=1S/C18H20N2O3S.ClH/c1-2-18(21)14-4-3-5-17(9-14)24(22,23)20-10-13-6-7-15-11-19-12-16(15)8-13;/h3-9,19-20H,2,10-12H2,1H3;1H. The van der Waals surface area contributed by atoms with Gasteiger partial charge < -0.3 is 5.32 Å². The molecule has 0 aliphatic carbocycles. The van der Waals surface area contributed by atoms with Gasteiger partial charge in [0.15, 0.2) is 5.78 Å². The number of Topliss-reactive ketones (excluding diaryl/α,β-unsaturated/α-hetero) is 1. The average Bonchev–Trinajstić information content (AvgIpc) is 3.07. The molecule has 134 valence electrons. The number of carbonyl (C=O) groups is 1. The van der Waals surface area contributed by atoms with Crippen LogP contribution in [0.5, 0.6) is 0 Å². The maximum atomic E-state index is 12.5. The van der Waals surface area contributed by atoms with Gasteiger partial charge in [-0.25, -0.2) is 13.1 Å². The molecule has 1 aliphatic rings. The van der Waals surface area contributed by atoms with E-state index in [1.165, 1.54) is 23.3 Å². The molecule has 3 rings (SSSR count). The van der Waals surface area contributed by atoms with E-state index < -0.39 is 10.0 Å². The van der Waals surface area contributed by atoms with Crippen molar-refractivity contribution in [3.8, 4) is 0 Å². The Kier molecular flexibility index (Phi) is 6.35. The van der Waals surface area contributed by atoms with E-state index in [0.29, 0.717) is 12.0 Å². The van der Waals surface area contributed by atoms with Gasteiger partial charge >= 0.3 is 0 Å². The molecule has 2 aromatic rings. The van der Waals surface area contributed by atoms with Gasteiger partial charge in [0.25, 0.3) is 0 Å². The molecular weight excluding hydrogens is 360 g/mol. The fourth-order valence-electron chi connectivity index (χ4n) is 2.76. The van der Waals surface area contributed by atoms with Crippen molar-refractivity contribution in [3.63, 3.8) is 0 Å². The molecule has 0 amide bonds. The molecule has 0 spiro atoms. The van der Waals surface area contributed by atoms with Crippen LogP contribution in [-0.2, 0) is 29.7 Å². The van der Waals surface area contributed by atoms with E-state index in [4.69, 9.17) is 0 Å². The molecule has 0 unspecified atom stereocenters. The van der Waals surface area contributed by atoms with Crippen LogP contribution in [0.25, 0.3) is 0 Å². The Morgan fingerprint density at radius 1 is 1.12 bits per heavy atom. The first-order valence-corrected chi connectivity index (χ1v) is 9.42. The molecule has 1 aliphatic heterocycles. The molecule has 5 nitrogen and oxygen atoms in total. The van der Waals surface area contributed by atoms with Gasteiger partial charge in [0.2, 0.25) is 10.0 Å². The summed E-state index contributed by atoms with van der Waals surface area (Å²) in [6, 6.07) is 12.2. The van der Waals surface area contributed by atoms with Gasteiger partial charge in [0, 0.05) is 31.6 Å². The van der Waals surface area contributed by atoms with Crippen LogP contribution in [0.1, 0.15) is 40.4 Å². The van der Waals surface area contributed by atoms with Crippen LogP contribution in [0.3, 0.4) is 0 Å². The highest BCUT2D eigenvalue weighted by Gasteiger charge is 2.16. The van der Waals surface area contributed by atoms with Crippen molar-refractivity contribution in [2.24, 2.45) is 0 Å². The van der Waals surface area contributed by atoms with Gasteiger partial charge in [-0.1, -0.05) is 37.3 Å². The summed E-state index contributed by atoms with van der Waals surface area (Å²) >= 11 is 0. The maximum Gasteiger partial charge on any atom is 0.240 e. The minimum absolute atomic E-state index is 0. The van der Waals surface area contributed by atoms with Gasteiger partial charge in [-0.15, -0.1) is 12.4 Å². The van der Waals surface area contributed by atoms with E-state index in [-0.39, 0.29) is 29.6 Å². The Morgan fingerprint density at radius 3 is 2.64 bits per heavy atom. The number of benzene rings is 2. The van der Waals surface area contributed by atoms with Crippen molar-refractivity contribution < 1.29 is 13.2 Å². The summed E-state index contributed by atoms with van der Waals surface area (Å²) in [5.74, 6) is -0.0711. The lowest BCUT2D eigenvalue weighted by Gasteiger charge is -2.09. The summed E-state index contributed by atoms with van der Waals surface area (Å²) in [7, 11) is -3.65. The topological polar surface area (TPSA) is 75.3 Å². The molecule has 0 saturated carbocycles. The average molecular weight is 381 g/mol. The Bertz CT molecular complexity index is 882. The third-order valence-electron chi connectivity index (χ3n) is 4.16. The quantitative estimate of drug-likeness (QED) is 0.755. The van der Waals surface area contributed by atoms with Crippen LogP contribution in [0, 0.1) is 0 Å². The second kappa shape index (κ2) is 8.10. The number of hydrogen-bond donors (Lipinski definition) is 2. The van der Waals surface area contributed by atoms with Crippen LogP contribution < -0.4 is 10.0 Å². The summed E-state index contributed by atoms with van der Waals surface area (Å²) < 4.78 is 27.5. The normalized spacial score (nSPS) is 13.2. The Hall–Kier alpha value is -1.73. The number of rotatable bonds is 6. The van der Waals surface area contributed by atoms with Crippen molar-refractivity contribution in [1.82, 2.24) is 10.0 Å². The number of nitrogens with one attached hydrogen (secondary N) is 2. The Balaban J connectivity index is 0.00000225. The first kappa shape index (κ1) is 19.6. The number of ketones is 1. The smallest absolute Gasteiger partial charge is 0.240 e. The van der Waals surface area contributed by atoms with E-state index in [2.05, 4.69) is 10.0 Å². The molecule has 1 heterocycles. The second-order valence-corrected chi connectivity index (χ2v) is 7.60. The minimum atomic E-state index is -3.65. The third-order valence-corrected chi connectivity index (χ3v) is 5.55. The predicted molar refractivity (Wildman–Crippen MR) is 99.3 cm³/mol. The van der Waals surface area contributed by atoms with Crippen LogP contribution in [-0.4, -0.2) is 14.2 Å². The highest BCUT2D eigenvalue weighted by atomic mass is 35.5. The number of carbonyl (C=O) groups excluding carboxylic acids is 1. The molecule has 0 fully saturated rings. The van der Waals surface area contributed by atoms with Crippen molar-refractivity contribution in [3.05, 3.63) is 64.7 Å². The zero-order valence-electron chi connectivity index (χ0n) is 13.9. The Labute approximate surface area is 154 Å². The number of fused-ring (bicyclic) bond motifs is 1. The number of hydrogen-bond acceptors (Lipinski definition) is 4. The van der Waals surface area contributed by atoms with Crippen LogP contribution in [0.2, 0.25) is 0 Å². The summed E-state index contributed by atoms with van der Waals surface area (Å²) in [5.41, 5.74) is 3.81. The molecule has 0 aromatic heterocycles. The van der Waals surface area contributed by atoms with Crippen molar-refractivity contribution in [2.75, 3.05) is 0 Å². The molecule has 7 heteroatoms. The molecule has 0 atom stereocenters. The summed E-state index contributed by atoms with van der Waals surface area (Å²) in [5, 5.41) is 3.26. The lowest BCUT2D eigenvalue weighted by atomic mass is 10.1. The first-order chi connectivity index (χ1) is 11.5. The summed E-state index contributed by atoms with van der Waals surface area (Å²) in [6.07, 6.45) is 0.347. The van der Waals surface area contributed by atoms with Gasteiger partial charge in [0.05, 0.1) is 4.90 Å². The van der Waals surface area contributed by atoms with Crippen LogP contribution >= 0.6 is 12.4 Å². The third kappa shape index (κ3) is 4.46. The van der Waals surface area contributed by atoms with Gasteiger partial charge in [-0.3, -0.25) is 4.79 Å². The summed E-state index contributed by atoms with van der Waals surface area (Å²) in [6.45, 7) is 3.66. The van der Waals surface area contributed by atoms with E-state index in [9.17, 15) is 13.2 Å². The highest BCUT2D eigenvalue weighted by Crippen LogP contribution is 2.18. The van der Waals surface area contributed by atoms with Gasteiger partial charge in [0.1, 0.15) is 0 Å².